The Morgan fingerprint density at radius 3 is 2.34 bits per heavy atom. The van der Waals surface area contributed by atoms with E-state index in [2.05, 4.69) is 25.4 Å². The first-order valence-electron chi connectivity index (χ1n) is 12.6. The number of aryl methyl sites for hydroxylation is 2. The number of pyridine rings is 1. The first-order chi connectivity index (χ1) is 18.4. The Morgan fingerprint density at radius 1 is 1.03 bits per heavy atom. The number of anilines is 1. The lowest BCUT2D eigenvalue weighted by Crippen LogP contribution is -2.38. The maximum atomic E-state index is 13.0. The second-order valence-electron chi connectivity index (χ2n) is 9.24. The number of halogens is 1. The molecule has 9 nitrogen and oxygen atoms in total. The van der Waals surface area contributed by atoms with Crippen molar-refractivity contribution < 1.29 is 9.59 Å². The Balaban J connectivity index is 1.17. The summed E-state index contributed by atoms with van der Waals surface area (Å²) < 4.78 is 1.51. The SMILES string of the molecule is CCc1nn(C)c(C(=O)Nc2ccc(C3CCN(C(=O)c4cnc(-c5ccccn5)nc4)CC3)cc2)c1Cl. The van der Waals surface area contributed by atoms with E-state index >= 15 is 0 Å². The maximum Gasteiger partial charge on any atom is 0.275 e. The number of rotatable bonds is 6. The van der Waals surface area contributed by atoms with Crippen LogP contribution >= 0.6 is 11.6 Å². The molecule has 1 fully saturated rings. The predicted octanol–water partition coefficient (Wildman–Crippen LogP) is 4.76. The molecule has 2 amide bonds. The molecule has 5 rings (SSSR count). The van der Waals surface area contributed by atoms with Crippen LogP contribution in [-0.2, 0) is 13.5 Å². The third kappa shape index (κ3) is 5.28. The minimum atomic E-state index is -0.290. The van der Waals surface area contributed by atoms with E-state index in [4.69, 9.17) is 11.6 Å². The number of aromatic nitrogens is 5. The minimum absolute atomic E-state index is 0.0610. The molecule has 4 aromatic rings. The van der Waals surface area contributed by atoms with Gasteiger partial charge in [0.15, 0.2) is 5.82 Å². The van der Waals surface area contributed by atoms with Crippen molar-refractivity contribution in [1.82, 2.24) is 29.6 Å². The second kappa shape index (κ2) is 11.1. The van der Waals surface area contributed by atoms with Crippen molar-refractivity contribution in [2.75, 3.05) is 18.4 Å². The molecule has 10 heteroatoms. The quantitative estimate of drug-likeness (QED) is 0.386. The highest BCUT2D eigenvalue weighted by molar-refractivity contribution is 6.34. The summed E-state index contributed by atoms with van der Waals surface area (Å²) in [6.45, 7) is 3.26. The average Bonchev–Trinajstić information content (AvgIpc) is 3.26. The van der Waals surface area contributed by atoms with E-state index in [0.717, 1.165) is 12.8 Å². The number of piperidine rings is 1. The summed E-state index contributed by atoms with van der Waals surface area (Å²) in [6, 6.07) is 13.4. The van der Waals surface area contributed by atoms with Gasteiger partial charge in [0.25, 0.3) is 11.8 Å². The summed E-state index contributed by atoms with van der Waals surface area (Å²) in [5.41, 5.74) is 4.07. The first kappa shape index (κ1) is 25.5. The lowest BCUT2D eigenvalue weighted by atomic mass is 9.89. The normalized spacial score (nSPS) is 13.9. The molecule has 1 saturated heterocycles. The maximum absolute atomic E-state index is 13.0. The van der Waals surface area contributed by atoms with Crippen LogP contribution in [0.4, 0.5) is 5.69 Å². The smallest absolute Gasteiger partial charge is 0.275 e. The summed E-state index contributed by atoms with van der Waals surface area (Å²) in [7, 11) is 1.71. The topological polar surface area (TPSA) is 106 Å². The first-order valence-corrected chi connectivity index (χ1v) is 13.0. The van der Waals surface area contributed by atoms with Crippen molar-refractivity contribution >= 4 is 29.1 Å². The van der Waals surface area contributed by atoms with Crippen LogP contribution in [0.2, 0.25) is 5.02 Å². The highest BCUT2D eigenvalue weighted by atomic mass is 35.5. The van der Waals surface area contributed by atoms with Gasteiger partial charge >= 0.3 is 0 Å². The molecule has 3 aromatic heterocycles. The third-order valence-electron chi connectivity index (χ3n) is 6.82. The summed E-state index contributed by atoms with van der Waals surface area (Å²) in [6.07, 6.45) is 7.20. The van der Waals surface area contributed by atoms with Gasteiger partial charge in [-0.1, -0.05) is 36.7 Å². The number of nitrogens with one attached hydrogen (secondary N) is 1. The monoisotopic (exact) mass is 529 g/mol. The molecule has 1 N–H and O–H groups in total. The van der Waals surface area contributed by atoms with Gasteiger partial charge < -0.3 is 10.2 Å². The van der Waals surface area contributed by atoms with Crippen LogP contribution in [0.1, 0.15) is 57.8 Å². The van der Waals surface area contributed by atoms with Crippen LogP contribution in [0.3, 0.4) is 0 Å². The molecular formula is C28H28ClN7O2. The van der Waals surface area contributed by atoms with Crippen LogP contribution < -0.4 is 5.32 Å². The summed E-state index contributed by atoms with van der Waals surface area (Å²) in [5, 5.41) is 7.61. The van der Waals surface area contributed by atoms with Gasteiger partial charge in [0.1, 0.15) is 11.4 Å². The molecule has 194 valence electrons. The summed E-state index contributed by atoms with van der Waals surface area (Å²) in [5.74, 6) is 0.482. The van der Waals surface area contributed by atoms with Crippen molar-refractivity contribution in [3.63, 3.8) is 0 Å². The number of benzene rings is 1. The fraction of sp³-hybridized carbons (Fsp3) is 0.286. The Hall–Kier alpha value is -4.11. The average molecular weight is 530 g/mol. The molecular weight excluding hydrogens is 502 g/mol. The highest BCUT2D eigenvalue weighted by Gasteiger charge is 2.25. The number of hydrogen-bond donors (Lipinski definition) is 1. The zero-order chi connectivity index (χ0) is 26.6. The molecule has 0 saturated carbocycles. The number of amides is 2. The van der Waals surface area contributed by atoms with Crippen molar-refractivity contribution in [3.8, 4) is 11.5 Å². The Morgan fingerprint density at radius 2 is 1.74 bits per heavy atom. The zero-order valence-electron chi connectivity index (χ0n) is 21.3. The van der Waals surface area contributed by atoms with E-state index in [0.29, 0.717) is 64.6 Å². The van der Waals surface area contributed by atoms with Crippen LogP contribution in [-0.4, -0.2) is 54.5 Å². The van der Waals surface area contributed by atoms with Crippen LogP contribution in [0.15, 0.2) is 61.1 Å². The van der Waals surface area contributed by atoms with Crippen molar-refractivity contribution in [1.29, 1.82) is 0 Å². The summed E-state index contributed by atoms with van der Waals surface area (Å²) >= 11 is 6.34. The van der Waals surface area contributed by atoms with Gasteiger partial charge in [-0.05, 0) is 55.0 Å². The van der Waals surface area contributed by atoms with Crippen molar-refractivity contribution in [3.05, 3.63) is 88.6 Å². The highest BCUT2D eigenvalue weighted by Crippen LogP contribution is 2.30. The fourth-order valence-corrected chi connectivity index (χ4v) is 5.10. The van der Waals surface area contributed by atoms with Crippen LogP contribution in [0.5, 0.6) is 0 Å². The molecule has 38 heavy (non-hydrogen) atoms. The molecule has 1 aliphatic heterocycles. The minimum Gasteiger partial charge on any atom is -0.339 e. The third-order valence-corrected chi connectivity index (χ3v) is 7.22. The van der Waals surface area contributed by atoms with E-state index in [1.54, 1.807) is 25.6 Å². The van der Waals surface area contributed by atoms with E-state index in [1.165, 1.54) is 10.2 Å². The second-order valence-corrected chi connectivity index (χ2v) is 9.62. The lowest BCUT2D eigenvalue weighted by molar-refractivity contribution is 0.0712. The number of nitrogens with zero attached hydrogens (tertiary/aromatic N) is 6. The van der Waals surface area contributed by atoms with Gasteiger partial charge in [-0.3, -0.25) is 19.3 Å². The van der Waals surface area contributed by atoms with Gasteiger partial charge in [0.05, 0.1) is 16.3 Å². The lowest BCUT2D eigenvalue weighted by Gasteiger charge is -2.32. The number of likely N-dealkylation sites (tertiary alicyclic amines) is 1. The Kier molecular flexibility index (Phi) is 7.46. The van der Waals surface area contributed by atoms with E-state index in [9.17, 15) is 9.59 Å². The largest absolute Gasteiger partial charge is 0.339 e. The standard InChI is InChI=1S/C28H28ClN7O2/c1-3-22-24(29)25(35(2)34-22)27(37)33-21-9-7-18(8-10-21)19-11-14-36(15-12-19)28(38)20-16-31-26(32-17-20)23-6-4-5-13-30-23/h4-10,13,16-17,19H,3,11-12,14-15H2,1-2H3,(H,33,37). The fourth-order valence-electron chi connectivity index (χ4n) is 4.72. The predicted molar refractivity (Wildman–Crippen MR) is 145 cm³/mol. The van der Waals surface area contributed by atoms with Crippen molar-refractivity contribution in [2.24, 2.45) is 7.05 Å². The Labute approximate surface area is 225 Å². The molecule has 0 aliphatic carbocycles. The number of carbonyl (C=O) groups is 2. The summed E-state index contributed by atoms with van der Waals surface area (Å²) in [4.78, 5) is 40.5. The zero-order valence-corrected chi connectivity index (χ0v) is 22.0. The van der Waals surface area contributed by atoms with E-state index < -0.39 is 0 Å². The van der Waals surface area contributed by atoms with Crippen molar-refractivity contribution in [2.45, 2.75) is 32.1 Å². The number of hydrogen-bond acceptors (Lipinski definition) is 6. The molecule has 1 aromatic carbocycles. The van der Waals surface area contributed by atoms with Gasteiger partial charge in [-0.25, -0.2) is 9.97 Å². The van der Waals surface area contributed by atoms with Gasteiger partial charge in [-0.2, -0.15) is 5.10 Å². The van der Waals surface area contributed by atoms with E-state index in [-0.39, 0.29) is 11.8 Å². The van der Waals surface area contributed by atoms with Crippen LogP contribution in [0, 0.1) is 0 Å². The molecule has 0 radical (unpaired) electrons. The van der Waals surface area contributed by atoms with Gasteiger partial charge in [0.2, 0.25) is 0 Å². The molecule has 0 unspecified atom stereocenters. The Bertz CT molecular complexity index is 1430. The van der Waals surface area contributed by atoms with Gasteiger partial charge in [0, 0.05) is 44.4 Å². The van der Waals surface area contributed by atoms with Crippen LogP contribution in [0.25, 0.3) is 11.5 Å². The molecule has 4 heterocycles. The number of carbonyl (C=O) groups excluding carboxylic acids is 2. The van der Waals surface area contributed by atoms with Gasteiger partial charge in [-0.15, -0.1) is 0 Å². The molecule has 0 bridgehead atoms. The molecule has 1 aliphatic rings. The van der Waals surface area contributed by atoms with E-state index in [1.807, 2.05) is 54.3 Å². The molecule has 0 spiro atoms. The molecule has 0 atom stereocenters.